The van der Waals surface area contributed by atoms with Gasteiger partial charge in [-0.25, -0.2) is 9.37 Å². The molecule has 8 heteroatoms. The van der Waals surface area contributed by atoms with Crippen molar-refractivity contribution in [3.05, 3.63) is 53.7 Å². The highest BCUT2D eigenvalue weighted by molar-refractivity contribution is 6.04. The quantitative estimate of drug-likeness (QED) is 0.681. The van der Waals surface area contributed by atoms with Crippen LogP contribution in [0.3, 0.4) is 0 Å². The fourth-order valence-electron chi connectivity index (χ4n) is 2.19. The van der Waals surface area contributed by atoms with Crippen molar-refractivity contribution in [2.24, 2.45) is 0 Å². The number of rotatable bonds is 3. The molecule has 0 unspecified atom stereocenters. The number of nitrogens with one attached hydrogen (secondary N) is 1. The molecule has 0 fully saturated rings. The van der Waals surface area contributed by atoms with Gasteiger partial charge in [0.05, 0.1) is 5.69 Å². The number of carbonyl (C=O) groups is 1. The number of aromatic nitrogens is 2. The number of nitrogens with two attached hydrogens (primary N) is 1. The number of halogens is 1. The van der Waals surface area contributed by atoms with Crippen LogP contribution >= 0.6 is 0 Å². The first-order valence-corrected chi connectivity index (χ1v) is 6.93. The first-order valence-electron chi connectivity index (χ1n) is 6.93. The van der Waals surface area contributed by atoms with Crippen molar-refractivity contribution in [2.75, 3.05) is 11.1 Å². The zero-order valence-corrected chi connectivity index (χ0v) is 12.6. The highest BCUT2D eigenvalue weighted by Crippen LogP contribution is 2.33. The molecule has 4 N–H and O–H groups in total. The Balaban J connectivity index is 1.89. The van der Waals surface area contributed by atoms with Gasteiger partial charge in [0.1, 0.15) is 35.0 Å². The molecule has 2 aromatic heterocycles. The Hall–Kier alpha value is -3.42. The fourth-order valence-corrected chi connectivity index (χ4v) is 2.19. The minimum absolute atomic E-state index is 0.0377. The zero-order valence-electron chi connectivity index (χ0n) is 12.6. The van der Waals surface area contributed by atoms with Crippen LogP contribution < -0.4 is 11.1 Å². The number of nitrogens with zero attached hydrogens (tertiary/aromatic N) is 2. The minimum Gasteiger partial charge on any atom is -0.507 e. The van der Waals surface area contributed by atoms with Crippen LogP contribution in [0.15, 0.2) is 41.1 Å². The number of hydrogen-bond donors (Lipinski definition) is 3. The number of aromatic hydroxyl groups is 1. The van der Waals surface area contributed by atoms with Gasteiger partial charge in [0.25, 0.3) is 5.91 Å². The average Bonchev–Trinajstić information content (AvgIpc) is 2.96. The van der Waals surface area contributed by atoms with Crippen molar-refractivity contribution in [2.45, 2.75) is 6.92 Å². The van der Waals surface area contributed by atoms with Gasteiger partial charge in [-0.1, -0.05) is 5.16 Å². The Morgan fingerprint density at radius 2 is 2.08 bits per heavy atom. The number of aryl methyl sites for hydroxylation is 1. The Bertz CT molecular complexity index is 923. The van der Waals surface area contributed by atoms with Crippen molar-refractivity contribution in [1.29, 1.82) is 0 Å². The van der Waals surface area contributed by atoms with E-state index in [1.807, 2.05) is 0 Å². The molecule has 7 nitrogen and oxygen atoms in total. The van der Waals surface area contributed by atoms with Crippen LogP contribution in [0.25, 0.3) is 11.1 Å². The number of carbonyl (C=O) groups excluding carboxylic acids is 1. The van der Waals surface area contributed by atoms with Gasteiger partial charge < -0.3 is 20.7 Å². The number of nitrogen functional groups attached to an aromatic ring is 1. The molecule has 0 aliphatic heterocycles. The largest absolute Gasteiger partial charge is 0.507 e. The number of anilines is 2. The van der Waals surface area contributed by atoms with Gasteiger partial charge in [-0.15, -0.1) is 0 Å². The van der Waals surface area contributed by atoms with E-state index >= 15 is 0 Å². The predicted molar refractivity (Wildman–Crippen MR) is 84.9 cm³/mol. The zero-order chi connectivity index (χ0) is 17.3. The first kappa shape index (κ1) is 15.5. The average molecular weight is 328 g/mol. The Morgan fingerprint density at radius 3 is 2.75 bits per heavy atom. The summed E-state index contributed by atoms with van der Waals surface area (Å²) in [5.74, 6) is -0.834. The Morgan fingerprint density at radius 1 is 1.29 bits per heavy atom. The highest BCUT2D eigenvalue weighted by atomic mass is 19.1. The van der Waals surface area contributed by atoms with Gasteiger partial charge in [0.15, 0.2) is 0 Å². The lowest BCUT2D eigenvalue weighted by atomic mass is 10.1. The molecule has 1 aromatic carbocycles. The molecule has 0 aliphatic rings. The number of phenols is 1. The third-order valence-electron chi connectivity index (χ3n) is 3.41. The third kappa shape index (κ3) is 2.89. The van der Waals surface area contributed by atoms with Crippen LogP contribution in [0.5, 0.6) is 5.75 Å². The van der Waals surface area contributed by atoms with E-state index in [0.717, 1.165) is 12.1 Å². The van der Waals surface area contributed by atoms with Gasteiger partial charge >= 0.3 is 0 Å². The number of hydrogen-bond acceptors (Lipinski definition) is 6. The summed E-state index contributed by atoms with van der Waals surface area (Å²) in [4.78, 5) is 16.1. The number of phenolic OH excluding ortho intramolecular Hbond substituents is 1. The topological polar surface area (TPSA) is 114 Å². The molecule has 0 saturated carbocycles. The second kappa shape index (κ2) is 5.99. The van der Waals surface area contributed by atoms with Crippen molar-refractivity contribution in [3.63, 3.8) is 0 Å². The lowest BCUT2D eigenvalue weighted by molar-refractivity contribution is 0.102. The maximum atomic E-state index is 13.4. The van der Waals surface area contributed by atoms with Gasteiger partial charge in [0, 0.05) is 11.1 Å². The van der Waals surface area contributed by atoms with Crippen molar-refractivity contribution in [3.8, 4) is 16.9 Å². The van der Waals surface area contributed by atoms with E-state index in [-0.39, 0.29) is 28.5 Å². The summed E-state index contributed by atoms with van der Waals surface area (Å²) >= 11 is 0. The van der Waals surface area contributed by atoms with E-state index < -0.39 is 11.7 Å². The SMILES string of the molecule is Cc1nocc1C(=O)Nc1ccc(-c2cc(F)ccc2O)c(N)n1. The number of amides is 1. The second-order valence-electron chi connectivity index (χ2n) is 5.06. The minimum atomic E-state index is -0.512. The molecule has 1 amide bonds. The van der Waals surface area contributed by atoms with E-state index in [4.69, 9.17) is 10.3 Å². The summed E-state index contributed by atoms with van der Waals surface area (Å²) in [6.07, 6.45) is 1.23. The van der Waals surface area contributed by atoms with Crippen LogP contribution in [0, 0.1) is 12.7 Å². The van der Waals surface area contributed by atoms with E-state index in [1.54, 1.807) is 6.92 Å². The summed E-state index contributed by atoms with van der Waals surface area (Å²) in [5, 5.41) is 16.0. The smallest absolute Gasteiger partial charge is 0.262 e. The lowest BCUT2D eigenvalue weighted by Crippen LogP contribution is -2.14. The molecule has 0 radical (unpaired) electrons. The predicted octanol–water partition coefficient (Wildman–Crippen LogP) is 2.72. The van der Waals surface area contributed by atoms with Crippen LogP contribution in [-0.2, 0) is 0 Å². The van der Waals surface area contributed by atoms with Crippen molar-refractivity contribution in [1.82, 2.24) is 10.1 Å². The molecule has 0 spiro atoms. The third-order valence-corrected chi connectivity index (χ3v) is 3.41. The maximum Gasteiger partial charge on any atom is 0.262 e. The fraction of sp³-hybridized carbons (Fsp3) is 0.0625. The summed E-state index contributed by atoms with van der Waals surface area (Å²) in [7, 11) is 0. The molecule has 0 saturated heterocycles. The van der Waals surface area contributed by atoms with E-state index in [2.05, 4.69) is 15.5 Å². The monoisotopic (exact) mass is 328 g/mol. The maximum absolute atomic E-state index is 13.4. The summed E-state index contributed by atoms with van der Waals surface area (Å²) in [6, 6.07) is 6.55. The summed E-state index contributed by atoms with van der Waals surface area (Å²) in [6.45, 7) is 1.63. The molecule has 122 valence electrons. The molecular weight excluding hydrogens is 315 g/mol. The van der Waals surface area contributed by atoms with Crippen molar-refractivity contribution < 1.29 is 18.8 Å². The Labute approximate surface area is 135 Å². The standard InChI is InChI=1S/C16H13FN4O3/c1-8-12(7-24-21-8)16(23)20-14-5-3-10(15(18)19-14)11-6-9(17)2-4-13(11)22/h2-7,22H,1H3,(H3,18,19,20,23). The van der Waals surface area contributed by atoms with Crippen molar-refractivity contribution >= 4 is 17.5 Å². The molecular formula is C16H13FN4O3. The molecule has 0 bridgehead atoms. The normalized spacial score (nSPS) is 10.6. The van der Waals surface area contributed by atoms with Crippen LogP contribution in [0.1, 0.15) is 16.1 Å². The summed E-state index contributed by atoms with van der Waals surface area (Å²) in [5.41, 5.74) is 7.16. The van der Waals surface area contributed by atoms with Crippen LogP contribution in [0.2, 0.25) is 0 Å². The van der Waals surface area contributed by atoms with E-state index in [0.29, 0.717) is 11.3 Å². The highest BCUT2D eigenvalue weighted by Gasteiger charge is 2.15. The molecule has 2 heterocycles. The molecule has 24 heavy (non-hydrogen) atoms. The first-order chi connectivity index (χ1) is 11.5. The molecule has 3 aromatic rings. The van der Waals surface area contributed by atoms with E-state index in [9.17, 15) is 14.3 Å². The van der Waals surface area contributed by atoms with Gasteiger partial charge in [-0.2, -0.15) is 0 Å². The number of pyridine rings is 1. The molecule has 3 rings (SSSR count). The number of benzene rings is 1. The molecule has 0 atom stereocenters. The van der Waals surface area contributed by atoms with Gasteiger partial charge in [-0.05, 0) is 37.3 Å². The summed E-state index contributed by atoms with van der Waals surface area (Å²) < 4.78 is 18.1. The Kier molecular flexibility index (Phi) is 3.87. The molecule has 0 aliphatic carbocycles. The van der Waals surface area contributed by atoms with Crippen LogP contribution in [0.4, 0.5) is 16.0 Å². The van der Waals surface area contributed by atoms with Crippen LogP contribution in [-0.4, -0.2) is 21.2 Å². The lowest BCUT2D eigenvalue weighted by Gasteiger charge is -2.10. The van der Waals surface area contributed by atoms with Gasteiger partial charge in [-0.3, -0.25) is 4.79 Å². The van der Waals surface area contributed by atoms with Gasteiger partial charge in [0.2, 0.25) is 0 Å². The second-order valence-corrected chi connectivity index (χ2v) is 5.06. The van der Waals surface area contributed by atoms with E-state index in [1.165, 1.54) is 24.5 Å².